The molecule has 0 spiro atoms. The van der Waals surface area contributed by atoms with E-state index in [1.165, 1.54) is 74.7 Å². The van der Waals surface area contributed by atoms with Gasteiger partial charge >= 0.3 is 12.1 Å². The number of esters is 1. The lowest BCUT2D eigenvalue weighted by atomic mass is 9.93. The monoisotopic (exact) mass is 568 g/mol. The van der Waals surface area contributed by atoms with Gasteiger partial charge in [0.05, 0.1) is 16.8 Å². The van der Waals surface area contributed by atoms with Gasteiger partial charge in [0.15, 0.2) is 0 Å². The Labute approximate surface area is 233 Å². The van der Waals surface area contributed by atoms with E-state index >= 15 is 0 Å². The zero-order chi connectivity index (χ0) is 29.9. The lowest BCUT2D eigenvalue weighted by Crippen LogP contribution is -2.62. The van der Waals surface area contributed by atoms with E-state index in [0.717, 1.165) is 11.8 Å². The van der Waals surface area contributed by atoms with Crippen LogP contribution in [0.2, 0.25) is 0 Å². The van der Waals surface area contributed by atoms with Crippen LogP contribution in [0.5, 0.6) is 5.75 Å². The summed E-state index contributed by atoms with van der Waals surface area (Å²) in [6.45, 7) is 7.77. The topological polar surface area (TPSA) is 136 Å². The predicted octanol–water partition coefficient (Wildman–Crippen LogP) is 4.02. The van der Waals surface area contributed by atoms with Crippen molar-refractivity contribution in [3.05, 3.63) is 78.4 Å². The van der Waals surface area contributed by atoms with E-state index in [-0.39, 0.29) is 22.0 Å². The molecule has 1 heterocycles. The highest BCUT2D eigenvalue weighted by atomic mass is 32.2. The van der Waals surface area contributed by atoms with Gasteiger partial charge in [0.25, 0.3) is 10.0 Å². The summed E-state index contributed by atoms with van der Waals surface area (Å²) < 4.78 is 40.2. The molecule has 0 aliphatic heterocycles. The summed E-state index contributed by atoms with van der Waals surface area (Å²) >= 11 is 0. The molecule has 0 saturated carbocycles. The number of Topliss-reactive ketones (excluding diaryl/α,β-unsaturated/α-hetero) is 1. The van der Waals surface area contributed by atoms with Crippen LogP contribution in [-0.4, -0.2) is 66.4 Å². The SMILES string of the molecule is Cc1ccc(S(=O)(=O)N(c2ccc(OC(=O)N(C)C)cc2)[C@@](C)(C(=O)OC(C)(C)C)C(=O)c2cnccn2)cc1. The maximum absolute atomic E-state index is 14.3. The highest BCUT2D eigenvalue weighted by Crippen LogP contribution is 2.36. The molecule has 1 aromatic heterocycles. The van der Waals surface area contributed by atoms with Crippen LogP contribution in [0.15, 0.2) is 72.0 Å². The number of hydrogen-bond donors (Lipinski definition) is 0. The minimum absolute atomic E-state index is 0.0594. The van der Waals surface area contributed by atoms with Crippen LogP contribution in [0.4, 0.5) is 10.5 Å². The number of aryl methyl sites for hydroxylation is 1. The number of ether oxygens (including phenoxy) is 2. The van der Waals surface area contributed by atoms with E-state index < -0.39 is 39.0 Å². The highest BCUT2D eigenvalue weighted by molar-refractivity contribution is 7.93. The molecule has 0 saturated heterocycles. The lowest BCUT2D eigenvalue weighted by Gasteiger charge is -2.39. The first-order valence-corrected chi connectivity index (χ1v) is 13.7. The summed E-state index contributed by atoms with van der Waals surface area (Å²) in [7, 11) is -1.56. The number of hydrogen-bond acceptors (Lipinski definition) is 9. The quantitative estimate of drug-likeness (QED) is 0.224. The van der Waals surface area contributed by atoms with Crippen molar-refractivity contribution < 1.29 is 32.3 Å². The normalized spacial score (nSPS) is 13.1. The van der Waals surface area contributed by atoms with Crippen LogP contribution in [0, 0.1) is 6.92 Å². The number of rotatable bonds is 8. The van der Waals surface area contributed by atoms with Gasteiger partial charge in [-0.2, -0.15) is 0 Å². The predicted molar refractivity (Wildman–Crippen MR) is 148 cm³/mol. The minimum Gasteiger partial charge on any atom is -0.458 e. The van der Waals surface area contributed by atoms with Crippen molar-refractivity contribution in [1.82, 2.24) is 14.9 Å². The molecule has 212 valence electrons. The van der Waals surface area contributed by atoms with Crippen molar-refractivity contribution in [3.8, 4) is 5.75 Å². The Morgan fingerprint density at radius 1 is 0.875 bits per heavy atom. The Bertz CT molecular complexity index is 1480. The van der Waals surface area contributed by atoms with Crippen molar-refractivity contribution in [1.29, 1.82) is 0 Å². The van der Waals surface area contributed by atoms with E-state index in [9.17, 15) is 22.8 Å². The molecule has 11 nitrogen and oxygen atoms in total. The fraction of sp³-hybridized carbons (Fsp3) is 0.321. The second kappa shape index (κ2) is 11.4. The van der Waals surface area contributed by atoms with Gasteiger partial charge in [-0.1, -0.05) is 17.7 Å². The minimum atomic E-state index is -4.58. The van der Waals surface area contributed by atoms with Crippen LogP contribution in [-0.2, 0) is 19.6 Å². The molecule has 3 aromatic rings. The summed E-state index contributed by atoms with van der Waals surface area (Å²) in [5, 5.41) is 0. The van der Waals surface area contributed by atoms with Gasteiger partial charge in [-0.05, 0) is 71.0 Å². The Morgan fingerprint density at radius 3 is 1.98 bits per heavy atom. The maximum atomic E-state index is 14.3. The Morgan fingerprint density at radius 2 is 1.48 bits per heavy atom. The van der Waals surface area contributed by atoms with Crippen molar-refractivity contribution in [2.45, 2.75) is 50.7 Å². The molecule has 0 aliphatic rings. The number of carbonyl (C=O) groups is 3. The molecule has 0 radical (unpaired) electrons. The van der Waals surface area contributed by atoms with E-state index in [1.54, 1.807) is 39.8 Å². The fourth-order valence-electron chi connectivity index (χ4n) is 3.61. The zero-order valence-electron chi connectivity index (χ0n) is 23.4. The van der Waals surface area contributed by atoms with Gasteiger partial charge < -0.3 is 14.4 Å². The number of carbonyl (C=O) groups excluding carboxylic acids is 3. The highest BCUT2D eigenvalue weighted by Gasteiger charge is 2.55. The van der Waals surface area contributed by atoms with Crippen LogP contribution < -0.4 is 9.04 Å². The lowest BCUT2D eigenvalue weighted by molar-refractivity contribution is -0.158. The summed E-state index contributed by atoms with van der Waals surface area (Å²) in [5.41, 5.74) is -3.02. The standard InChI is InChI=1S/C28H32N4O7S/c1-19-8-14-22(15-9-19)40(36,37)32(20-10-12-21(13-11-20)38-26(35)31(6)7)28(5,25(34)39-27(2,3)4)24(33)23-18-29-16-17-30-23/h8-18H,1-7H3/t28-/m1/s1. The van der Waals surface area contributed by atoms with E-state index in [2.05, 4.69) is 9.97 Å². The first kappa shape index (κ1) is 30.2. The molecule has 12 heteroatoms. The number of aromatic nitrogens is 2. The molecule has 0 N–H and O–H groups in total. The average molecular weight is 569 g/mol. The summed E-state index contributed by atoms with van der Waals surface area (Å²) in [5.74, 6) is -1.95. The third kappa shape index (κ3) is 6.45. The molecular formula is C28H32N4O7S. The van der Waals surface area contributed by atoms with Crippen molar-refractivity contribution in [3.63, 3.8) is 0 Å². The molecule has 3 rings (SSSR count). The summed E-state index contributed by atoms with van der Waals surface area (Å²) in [4.78, 5) is 48.9. The molecule has 0 fully saturated rings. The summed E-state index contributed by atoms with van der Waals surface area (Å²) in [6.07, 6.45) is 3.10. The Kier molecular flexibility index (Phi) is 8.63. The first-order valence-electron chi connectivity index (χ1n) is 12.2. The fourth-order valence-corrected chi connectivity index (χ4v) is 5.33. The van der Waals surface area contributed by atoms with Crippen LogP contribution in [0.1, 0.15) is 43.7 Å². The molecule has 1 amide bonds. The third-order valence-electron chi connectivity index (χ3n) is 5.64. The molecular weight excluding hydrogens is 536 g/mol. The Hall–Kier alpha value is -4.32. The molecule has 40 heavy (non-hydrogen) atoms. The van der Waals surface area contributed by atoms with E-state index in [0.29, 0.717) is 4.31 Å². The van der Waals surface area contributed by atoms with Gasteiger partial charge in [0.1, 0.15) is 17.0 Å². The van der Waals surface area contributed by atoms with Gasteiger partial charge in [-0.15, -0.1) is 0 Å². The smallest absolute Gasteiger partial charge is 0.414 e. The van der Waals surface area contributed by atoms with Crippen LogP contribution in [0.25, 0.3) is 0 Å². The average Bonchev–Trinajstić information content (AvgIpc) is 2.88. The molecule has 2 aromatic carbocycles. The van der Waals surface area contributed by atoms with Gasteiger partial charge in [-0.3, -0.25) is 9.78 Å². The number of ketones is 1. The van der Waals surface area contributed by atoms with Crippen LogP contribution >= 0.6 is 0 Å². The van der Waals surface area contributed by atoms with Gasteiger partial charge in [-0.25, -0.2) is 27.3 Å². The molecule has 0 aliphatic carbocycles. The van der Waals surface area contributed by atoms with Crippen molar-refractivity contribution in [2.75, 3.05) is 18.4 Å². The second-order valence-corrected chi connectivity index (χ2v) is 12.1. The number of nitrogens with zero attached hydrogens (tertiary/aromatic N) is 4. The number of benzene rings is 2. The Balaban J connectivity index is 2.30. The second-order valence-electron chi connectivity index (χ2n) is 10.3. The molecule has 1 atom stereocenters. The molecule has 0 bridgehead atoms. The largest absolute Gasteiger partial charge is 0.458 e. The first-order chi connectivity index (χ1) is 18.6. The number of sulfonamides is 1. The number of amides is 1. The van der Waals surface area contributed by atoms with E-state index in [1.807, 2.05) is 0 Å². The van der Waals surface area contributed by atoms with Gasteiger partial charge in [0, 0.05) is 26.5 Å². The van der Waals surface area contributed by atoms with Crippen molar-refractivity contribution in [2.24, 2.45) is 0 Å². The number of anilines is 1. The van der Waals surface area contributed by atoms with Gasteiger partial charge in [0.2, 0.25) is 11.3 Å². The summed E-state index contributed by atoms with van der Waals surface area (Å²) in [6, 6.07) is 11.3. The van der Waals surface area contributed by atoms with Crippen LogP contribution in [0.3, 0.4) is 0 Å². The zero-order valence-corrected chi connectivity index (χ0v) is 24.2. The third-order valence-corrected chi connectivity index (χ3v) is 7.57. The van der Waals surface area contributed by atoms with E-state index in [4.69, 9.17) is 9.47 Å². The van der Waals surface area contributed by atoms with Crippen molar-refractivity contribution >= 4 is 33.6 Å². The maximum Gasteiger partial charge on any atom is 0.414 e. The molecule has 0 unspecified atom stereocenters.